The van der Waals surface area contributed by atoms with Crippen molar-refractivity contribution >= 4 is 29.3 Å². The first-order chi connectivity index (χ1) is 26.1. The zero-order valence-electron chi connectivity index (χ0n) is 36.2. The van der Waals surface area contributed by atoms with Gasteiger partial charge in [-0.3, -0.25) is 19.3 Å². The maximum Gasteiger partial charge on any atom is 0.309 e. The molecular weight excluding hydrogens is 726 g/mol. The predicted molar refractivity (Wildman–Crippen MR) is 221 cm³/mol. The average Bonchev–Trinajstić information content (AvgIpc) is 3.42. The van der Waals surface area contributed by atoms with Gasteiger partial charge in [0.1, 0.15) is 6.10 Å². The molecule has 0 heterocycles. The number of carboxylic acids is 1. The summed E-state index contributed by atoms with van der Waals surface area (Å²) < 4.78 is 11.7. The van der Waals surface area contributed by atoms with Crippen molar-refractivity contribution in [3.8, 4) is 0 Å². The Kier molecular flexibility index (Phi) is 12.1. The van der Waals surface area contributed by atoms with E-state index in [1.54, 1.807) is 21.0 Å². The largest absolute Gasteiger partial charge is 0.481 e. The number of allylic oxidation sites excluding steroid dienone is 4. The molecule has 56 heavy (non-hydrogen) atoms. The van der Waals surface area contributed by atoms with Crippen molar-refractivity contribution in [1.29, 1.82) is 0 Å². The third kappa shape index (κ3) is 7.21. The molecule has 1 unspecified atom stereocenters. The fourth-order valence-corrected chi connectivity index (χ4v) is 14.0. The molecule has 0 spiro atoms. The minimum atomic E-state index is -1.17. The molecule has 6 rings (SSSR count). The molecule has 9 heteroatoms. The Morgan fingerprint density at radius 1 is 0.964 bits per heavy atom. The molecule has 8 nitrogen and oxygen atoms in total. The van der Waals surface area contributed by atoms with E-state index in [1.165, 1.54) is 11.1 Å². The average molecular weight is 799 g/mol. The Morgan fingerprint density at radius 2 is 1.68 bits per heavy atom. The normalized spacial score (nSPS) is 37.3. The number of aliphatic carboxylic acids is 1. The number of carboxylic acid groups (broad SMARTS) is 1. The molecule has 0 aliphatic heterocycles. The van der Waals surface area contributed by atoms with Gasteiger partial charge in [0.2, 0.25) is 0 Å². The topological polar surface area (TPSA) is 113 Å². The smallest absolute Gasteiger partial charge is 0.309 e. The third-order valence-corrected chi connectivity index (χ3v) is 17.5. The number of hydrogen-bond donors (Lipinski definition) is 2. The molecule has 0 saturated heterocycles. The van der Waals surface area contributed by atoms with E-state index in [-0.39, 0.29) is 51.8 Å². The lowest BCUT2D eigenvalue weighted by Gasteiger charge is -2.72. The second-order valence-electron chi connectivity index (χ2n) is 21.2. The molecule has 4 saturated carbocycles. The van der Waals surface area contributed by atoms with Gasteiger partial charge >= 0.3 is 11.9 Å². The Labute approximate surface area is 342 Å². The van der Waals surface area contributed by atoms with Gasteiger partial charge in [0.15, 0.2) is 5.78 Å². The first-order valence-corrected chi connectivity index (χ1v) is 22.1. The summed E-state index contributed by atoms with van der Waals surface area (Å²) >= 11 is 6.30. The number of Topliss-reactive ketones (excluding diaryl/α,β-unsaturated/α-hetero) is 1. The first kappa shape index (κ1) is 43.6. The Bertz CT molecular complexity index is 1660. The van der Waals surface area contributed by atoms with E-state index in [2.05, 4.69) is 59.4 Å². The molecule has 0 aromatic carbocycles. The number of carbonyl (C=O) groups excluding carboxylic acids is 2. The van der Waals surface area contributed by atoms with E-state index in [0.29, 0.717) is 38.0 Å². The van der Waals surface area contributed by atoms with Crippen molar-refractivity contribution in [2.75, 3.05) is 33.4 Å². The minimum Gasteiger partial charge on any atom is -0.481 e. The van der Waals surface area contributed by atoms with Crippen LogP contribution in [0.25, 0.3) is 0 Å². The molecule has 6 aliphatic carbocycles. The SMILES string of the molecule is COCCN(CC1=CC=C(Cl)CC1)C[C@@H](O)[C@@]12CC[C@]3(C)[C@H](CC[C@H]4C5(C)CC[C@H](OC(=O)CC(C)(C)C(=O)O)C(C)(C)[C@H]5CC[C@]43C)C1=C(C(C)C)C(=O)C2. The number of ketones is 1. The summed E-state index contributed by atoms with van der Waals surface area (Å²) in [4.78, 5) is 41.5. The Hall–Kier alpha value is -2.00. The van der Waals surface area contributed by atoms with Crippen LogP contribution in [0.15, 0.2) is 33.9 Å². The monoisotopic (exact) mass is 797 g/mol. The van der Waals surface area contributed by atoms with Gasteiger partial charge in [-0.1, -0.05) is 77.3 Å². The number of esters is 1. The first-order valence-electron chi connectivity index (χ1n) is 21.7. The zero-order chi connectivity index (χ0) is 41.2. The molecule has 0 radical (unpaired) electrons. The molecule has 0 amide bonds. The zero-order valence-corrected chi connectivity index (χ0v) is 36.9. The number of nitrogens with zero attached hydrogens (tertiary/aromatic N) is 1. The summed E-state index contributed by atoms with van der Waals surface area (Å²) in [5, 5.41) is 23.1. The van der Waals surface area contributed by atoms with Crippen LogP contribution in [0.2, 0.25) is 0 Å². The van der Waals surface area contributed by atoms with Crippen LogP contribution in [0.3, 0.4) is 0 Å². The summed E-state index contributed by atoms with van der Waals surface area (Å²) in [7, 11) is 1.72. The molecule has 2 N–H and O–H groups in total. The van der Waals surface area contributed by atoms with E-state index >= 15 is 0 Å². The van der Waals surface area contributed by atoms with Crippen molar-refractivity contribution in [1.82, 2.24) is 4.90 Å². The number of hydrogen-bond acceptors (Lipinski definition) is 7. The van der Waals surface area contributed by atoms with Gasteiger partial charge < -0.3 is 19.7 Å². The van der Waals surface area contributed by atoms with Gasteiger partial charge in [-0.25, -0.2) is 0 Å². The highest BCUT2D eigenvalue weighted by molar-refractivity contribution is 6.29. The van der Waals surface area contributed by atoms with E-state index in [1.807, 2.05) is 6.08 Å². The second kappa shape index (κ2) is 15.6. The highest BCUT2D eigenvalue weighted by Crippen LogP contribution is 2.77. The van der Waals surface area contributed by atoms with Crippen molar-refractivity contribution in [2.24, 2.45) is 56.2 Å². The number of rotatable bonds is 13. The number of fused-ring (bicyclic) bond motifs is 7. The molecule has 9 atom stereocenters. The lowest BCUT2D eigenvalue weighted by molar-refractivity contribution is -0.235. The van der Waals surface area contributed by atoms with Gasteiger partial charge in [0.05, 0.1) is 24.5 Å². The summed E-state index contributed by atoms with van der Waals surface area (Å²) in [6.07, 6.45) is 13.0. The molecule has 0 aromatic rings. The lowest BCUT2D eigenvalue weighted by Crippen LogP contribution is -2.66. The fourth-order valence-electron chi connectivity index (χ4n) is 13.9. The van der Waals surface area contributed by atoms with Crippen molar-refractivity contribution in [3.63, 3.8) is 0 Å². The Morgan fingerprint density at radius 3 is 2.30 bits per heavy atom. The van der Waals surface area contributed by atoms with Crippen LogP contribution in [0.5, 0.6) is 0 Å². The summed E-state index contributed by atoms with van der Waals surface area (Å²) in [6.45, 7) is 22.2. The van der Waals surface area contributed by atoms with Gasteiger partial charge in [0, 0.05) is 49.0 Å². The maximum absolute atomic E-state index is 14.3. The van der Waals surface area contributed by atoms with E-state index in [4.69, 9.17) is 21.1 Å². The second-order valence-corrected chi connectivity index (χ2v) is 21.7. The number of aliphatic hydroxyl groups is 1. The summed E-state index contributed by atoms with van der Waals surface area (Å²) in [5.74, 6) is -0.00372. The van der Waals surface area contributed by atoms with Crippen LogP contribution < -0.4 is 0 Å². The standard InChI is InChI=1S/C47H72ClNO7/c1-29(2)39-33(50)25-47(36(51)28-49(23-24-55-10)27-30-11-13-31(48)14-12-30)22-21-45(8)32(40(39)47)15-16-35-44(7)19-18-37(56-38(52)26-42(3,4)41(53)54)43(5,6)34(44)17-20-46(35,45)9/h11,13,29,32,34-37,51H,12,14-28H2,1-10H3,(H,53,54)/t32-,34-,35+,36-,37+,44?,45-,46-,47+/m1/s1. The summed E-state index contributed by atoms with van der Waals surface area (Å²) in [6, 6.07) is 0. The number of halogens is 1. The highest BCUT2D eigenvalue weighted by atomic mass is 35.5. The predicted octanol–water partition coefficient (Wildman–Crippen LogP) is 9.53. The lowest BCUT2D eigenvalue weighted by atomic mass is 9.33. The molecular formula is C47H72ClNO7. The molecule has 6 aliphatic rings. The van der Waals surface area contributed by atoms with E-state index < -0.39 is 28.9 Å². The van der Waals surface area contributed by atoms with E-state index in [9.17, 15) is 24.6 Å². The third-order valence-electron chi connectivity index (χ3n) is 17.2. The number of ether oxygens (including phenoxy) is 2. The molecule has 4 fully saturated rings. The van der Waals surface area contributed by atoms with Crippen LogP contribution >= 0.6 is 11.6 Å². The van der Waals surface area contributed by atoms with Crippen LogP contribution in [0.1, 0.15) is 139 Å². The van der Waals surface area contributed by atoms with Gasteiger partial charge in [-0.05, 0) is 130 Å². The molecule has 314 valence electrons. The quantitative estimate of drug-likeness (QED) is 0.177. The number of aliphatic hydroxyl groups excluding tert-OH is 1. The Balaban J connectivity index is 1.28. The van der Waals surface area contributed by atoms with Gasteiger partial charge in [-0.2, -0.15) is 0 Å². The number of carbonyl (C=O) groups is 3. The van der Waals surface area contributed by atoms with Crippen molar-refractivity contribution < 1.29 is 34.1 Å². The van der Waals surface area contributed by atoms with Gasteiger partial charge in [0.25, 0.3) is 0 Å². The van der Waals surface area contributed by atoms with Crippen molar-refractivity contribution in [3.05, 3.63) is 33.9 Å². The van der Waals surface area contributed by atoms with Crippen LogP contribution in [0.4, 0.5) is 0 Å². The van der Waals surface area contributed by atoms with Crippen molar-refractivity contribution in [2.45, 2.75) is 152 Å². The molecule has 0 aromatic heterocycles. The summed E-state index contributed by atoms with van der Waals surface area (Å²) in [5.41, 5.74) is 1.68. The van der Waals surface area contributed by atoms with Crippen LogP contribution in [0, 0.1) is 56.2 Å². The maximum atomic E-state index is 14.3. The number of methoxy groups -OCH3 is 1. The van der Waals surface area contributed by atoms with Crippen LogP contribution in [-0.4, -0.2) is 78.4 Å². The minimum absolute atomic E-state index is 0.0304. The van der Waals surface area contributed by atoms with E-state index in [0.717, 1.165) is 81.4 Å². The highest BCUT2D eigenvalue weighted by Gasteiger charge is 2.71. The van der Waals surface area contributed by atoms with Crippen LogP contribution in [-0.2, 0) is 23.9 Å². The fraction of sp³-hybridized carbons (Fsp3) is 0.809. The van der Waals surface area contributed by atoms with Gasteiger partial charge in [-0.15, -0.1) is 0 Å². The molecule has 0 bridgehead atoms.